The number of rotatable bonds is 2. The van der Waals surface area contributed by atoms with Gasteiger partial charge in [-0.15, -0.1) is 0 Å². The summed E-state index contributed by atoms with van der Waals surface area (Å²) >= 11 is 0. The van der Waals surface area contributed by atoms with E-state index >= 15 is 0 Å². The van der Waals surface area contributed by atoms with E-state index in [9.17, 15) is 4.79 Å². The molecule has 0 aromatic heterocycles. The summed E-state index contributed by atoms with van der Waals surface area (Å²) in [5.74, 6) is -0.218. The Morgan fingerprint density at radius 3 is 2.65 bits per heavy atom. The highest BCUT2D eigenvalue weighted by atomic mass is 16.5. The molecule has 0 spiro atoms. The van der Waals surface area contributed by atoms with Gasteiger partial charge < -0.3 is 16.2 Å². The third kappa shape index (κ3) is 2.86. The first-order chi connectivity index (χ1) is 8.16. The molecule has 1 aromatic rings. The molecule has 1 fully saturated rings. The number of nitrogen functional groups attached to an aromatic ring is 2. The van der Waals surface area contributed by atoms with Crippen LogP contribution in [0.4, 0.5) is 11.4 Å². The molecule has 0 bridgehead atoms. The van der Waals surface area contributed by atoms with Crippen molar-refractivity contribution in [2.45, 2.75) is 0 Å². The Hall–Kier alpha value is -1.79. The fraction of sp³-hybridized carbons (Fsp3) is 0.364. The quantitative estimate of drug-likeness (QED) is 0.620. The second-order valence-electron chi connectivity index (χ2n) is 3.89. The number of carbonyl (C=O) groups excluding carboxylic acids is 1. The summed E-state index contributed by atoms with van der Waals surface area (Å²) in [6, 6.07) is 4.86. The molecule has 2 rings (SSSR count). The van der Waals surface area contributed by atoms with Crippen molar-refractivity contribution in [2.75, 3.05) is 37.8 Å². The van der Waals surface area contributed by atoms with E-state index in [0.717, 1.165) is 0 Å². The summed E-state index contributed by atoms with van der Waals surface area (Å²) in [7, 11) is 0. The smallest absolute Gasteiger partial charge is 0.267 e. The number of hydrogen-bond donors (Lipinski definition) is 3. The predicted molar refractivity (Wildman–Crippen MR) is 65.1 cm³/mol. The topological polar surface area (TPSA) is 93.6 Å². The molecule has 0 saturated carbocycles. The Morgan fingerprint density at radius 2 is 2.00 bits per heavy atom. The maximum atomic E-state index is 11.9. The van der Waals surface area contributed by atoms with Crippen LogP contribution in [-0.4, -0.2) is 37.2 Å². The van der Waals surface area contributed by atoms with E-state index in [1.807, 2.05) is 5.01 Å². The van der Waals surface area contributed by atoms with Gasteiger partial charge in [0.25, 0.3) is 5.91 Å². The molecule has 0 atom stereocenters. The second kappa shape index (κ2) is 5.03. The molecule has 6 nitrogen and oxygen atoms in total. The molecule has 17 heavy (non-hydrogen) atoms. The van der Waals surface area contributed by atoms with Crippen LogP contribution in [0.15, 0.2) is 18.2 Å². The van der Waals surface area contributed by atoms with Crippen molar-refractivity contribution in [3.63, 3.8) is 0 Å². The number of ether oxygens (including phenoxy) is 1. The van der Waals surface area contributed by atoms with Gasteiger partial charge in [-0.25, -0.2) is 5.01 Å². The minimum absolute atomic E-state index is 0.218. The van der Waals surface area contributed by atoms with Crippen LogP contribution in [0.25, 0.3) is 0 Å². The van der Waals surface area contributed by atoms with E-state index in [1.165, 1.54) is 0 Å². The molecule has 1 amide bonds. The zero-order chi connectivity index (χ0) is 12.3. The van der Waals surface area contributed by atoms with Crippen LogP contribution >= 0.6 is 0 Å². The lowest BCUT2D eigenvalue weighted by Gasteiger charge is -2.27. The molecule has 1 aromatic carbocycles. The monoisotopic (exact) mass is 236 g/mol. The molecule has 5 N–H and O–H groups in total. The molecule has 1 aliphatic heterocycles. The van der Waals surface area contributed by atoms with Gasteiger partial charge in [0, 0.05) is 24.5 Å². The van der Waals surface area contributed by atoms with Gasteiger partial charge >= 0.3 is 0 Å². The summed E-state index contributed by atoms with van der Waals surface area (Å²) in [5.41, 5.74) is 15.5. The average molecular weight is 236 g/mol. The Morgan fingerprint density at radius 1 is 1.29 bits per heavy atom. The van der Waals surface area contributed by atoms with Gasteiger partial charge in [-0.3, -0.25) is 10.2 Å². The molecular formula is C11H16N4O2. The van der Waals surface area contributed by atoms with Crippen LogP contribution in [0, 0.1) is 0 Å². The van der Waals surface area contributed by atoms with Crippen LogP contribution in [0.2, 0.25) is 0 Å². The van der Waals surface area contributed by atoms with Crippen LogP contribution in [0.3, 0.4) is 0 Å². The Bertz CT molecular complexity index is 416. The fourth-order valence-corrected chi connectivity index (χ4v) is 1.67. The van der Waals surface area contributed by atoms with Crippen molar-refractivity contribution in [3.05, 3.63) is 23.8 Å². The number of nitrogens with zero attached hydrogens (tertiary/aromatic N) is 1. The lowest BCUT2D eigenvalue weighted by Crippen LogP contribution is -2.48. The molecular weight excluding hydrogens is 220 g/mol. The molecule has 6 heteroatoms. The minimum atomic E-state index is -0.218. The zero-order valence-corrected chi connectivity index (χ0v) is 9.48. The normalized spacial score (nSPS) is 16.7. The number of nitrogens with one attached hydrogen (secondary N) is 1. The summed E-state index contributed by atoms with van der Waals surface area (Å²) in [5, 5.41) is 1.82. The lowest BCUT2D eigenvalue weighted by atomic mass is 10.1. The average Bonchev–Trinajstić information content (AvgIpc) is 2.30. The molecule has 0 unspecified atom stereocenters. The van der Waals surface area contributed by atoms with Crippen molar-refractivity contribution in [3.8, 4) is 0 Å². The van der Waals surface area contributed by atoms with Gasteiger partial charge in [0.15, 0.2) is 0 Å². The van der Waals surface area contributed by atoms with Crippen molar-refractivity contribution < 1.29 is 9.53 Å². The van der Waals surface area contributed by atoms with Gasteiger partial charge in [-0.1, -0.05) is 0 Å². The van der Waals surface area contributed by atoms with Crippen molar-refractivity contribution in [1.29, 1.82) is 0 Å². The second-order valence-corrected chi connectivity index (χ2v) is 3.89. The Balaban J connectivity index is 2.03. The zero-order valence-electron chi connectivity index (χ0n) is 9.48. The van der Waals surface area contributed by atoms with Crippen molar-refractivity contribution >= 4 is 17.3 Å². The molecule has 1 heterocycles. The number of nitrogens with two attached hydrogens (primary N) is 2. The van der Waals surface area contributed by atoms with E-state index in [0.29, 0.717) is 43.2 Å². The van der Waals surface area contributed by atoms with Gasteiger partial charge in [0.05, 0.1) is 18.8 Å². The van der Waals surface area contributed by atoms with Gasteiger partial charge in [-0.05, 0) is 18.2 Å². The Labute approximate surface area is 99.5 Å². The molecule has 0 aliphatic carbocycles. The van der Waals surface area contributed by atoms with E-state index < -0.39 is 0 Å². The standard InChI is InChI=1S/C11H16N4O2/c12-8-1-2-9(10(13)7-8)11(16)14-15-3-5-17-6-4-15/h1-2,7H,3-6,12-13H2,(H,14,16). The van der Waals surface area contributed by atoms with Crippen LogP contribution < -0.4 is 16.9 Å². The van der Waals surface area contributed by atoms with E-state index in [1.54, 1.807) is 18.2 Å². The van der Waals surface area contributed by atoms with Crippen molar-refractivity contribution in [2.24, 2.45) is 0 Å². The third-order valence-electron chi connectivity index (χ3n) is 2.59. The van der Waals surface area contributed by atoms with E-state index in [-0.39, 0.29) is 5.91 Å². The molecule has 92 valence electrons. The number of benzene rings is 1. The molecule has 1 saturated heterocycles. The maximum Gasteiger partial charge on any atom is 0.267 e. The highest BCUT2D eigenvalue weighted by Gasteiger charge is 2.15. The number of amides is 1. The van der Waals surface area contributed by atoms with E-state index in [4.69, 9.17) is 16.2 Å². The summed E-state index contributed by atoms with van der Waals surface area (Å²) in [6.07, 6.45) is 0. The van der Waals surface area contributed by atoms with Crippen LogP contribution in [0.5, 0.6) is 0 Å². The molecule has 0 radical (unpaired) electrons. The number of carbonyl (C=O) groups is 1. The number of morpholine rings is 1. The van der Waals surface area contributed by atoms with Crippen LogP contribution in [0.1, 0.15) is 10.4 Å². The Kier molecular flexibility index (Phi) is 3.46. The number of hydrazine groups is 1. The first-order valence-corrected chi connectivity index (χ1v) is 5.45. The van der Waals surface area contributed by atoms with Gasteiger partial charge in [0.2, 0.25) is 0 Å². The third-order valence-corrected chi connectivity index (χ3v) is 2.59. The van der Waals surface area contributed by atoms with E-state index in [2.05, 4.69) is 5.43 Å². The first-order valence-electron chi connectivity index (χ1n) is 5.45. The maximum absolute atomic E-state index is 11.9. The summed E-state index contributed by atoms with van der Waals surface area (Å²) in [6.45, 7) is 2.61. The van der Waals surface area contributed by atoms with Crippen LogP contribution in [-0.2, 0) is 4.74 Å². The predicted octanol–water partition coefficient (Wildman–Crippen LogP) is -0.172. The fourth-order valence-electron chi connectivity index (χ4n) is 1.67. The minimum Gasteiger partial charge on any atom is -0.399 e. The summed E-state index contributed by atoms with van der Waals surface area (Å²) < 4.78 is 5.19. The highest BCUT2D eigenvalue weighted by Crippen LogP contribution is 2.15. The first kappa shape index (κ1) is 11.7. The lowest BCUT2D eigenvalue weighted by molar-refractivity contribution is 0.0126. The van der Waals surface area contributed by atoms with Crippen molar-refractivity contribution in [1.82, 2.24) is 10.4 Å². The SMILES string of the molecule is Nc1ccc(C(=O)NN2CCOCC2)c(N)c1. The largest absolute Gasteiger partial charge is 0.399 e. The van der Waals surface area contributed by atoms with Gasteiger partial charge in [0.1, 0.15) is 0 Å². The summed E-state index contributed by atoms with van der Waals surface area (Å²) in [4.78, 5) is 11.9. The highest BCUT2D eigenvalue weighted by molar-refractivity contribution is 5.99. The number of hydrogen-bond acceptors (Lipinski definition) is 5. The molecule has 1 aliphatic rings. The number of anilines is 2. The van der Waals surface area contributed by atoms with Gasteiger partial charge in [-0.2, -0.15) is 0 Å².